The van der Waals surface area contributed by atoms with E-state index in [-0.39, 0.29) is 5.97 Å². The predicted octanol–water partition coefficient (Wildman–Crippen LogP) is 3.11. The summed E-state index contributed by atoms with van der Waals surface area (Å²) in [6.45, 7) is 7.78. The van der Waals surface area contributed by atoms with E-state index in [0.29, 0.717) is 29.7 Å². The SMILES string of the molecule is CCOC(=O)c1cnc(N2CCC[C@H](c3nc(C)cs3)C2)nc1C. The number of hydrogen-bond acceptors (Lipinski definition) is 7. The molecule has 128 valence electrons. The summed E-state index contributed by atoms with van der Waals surface area (Å²) in [5.74, 6) is 0.737. The van der Waals surface area contributed by atoms with Gasteiger partial charge in [0.1, 0.15) is 0 Å². The van der Waals surface area contributed by atoms with E-state index in [1.165, 1.54) is 5.01 Å². The number of carbonyl (C=O) groups excluding carboxylic acids is 1. The molecule has 1 saturated heterocycles. The fraction of sp³-hybridized carbons (Fsp3) is 0.529. The van der Waals surface area contributed by atoms with Gasteiger partial charge in [-0.25, -0.2) is 19.7 Å². The van der Waals surface area contributed by atoms with Crippen molar-refractivity contribution in [3.63, 3.8) is 0 Å². The quantitative estimate of drug-likeness (QED) is 0.793. The first kappa shape index (κ1) is 16.8. The predicted molar refractivity (Wildman–Crippen MR) is 93.8 cm³/mol. The maximum absolute atomic E-state index is 11.9. The first-order valence-electron chi connectivity index (χ1n) is 8.26. The van der Waals surface area contributed by atoms with Crippen LogP contribution in [0.5, 0.6) is 0 Å². The summed E-state index contributed by atoms with van der Waals surface area (Å²) in [6.07, 6.45) is 3.81. The Morgan fingerprint density at radius 1 is 1.42 bits per heavy atom. The molecule has 0 aromatic carbocycles. The number of ether oxygens (including phenoxy) is 1. The van der Waals surface area contributed by atoms with Gasteiger partial charge in [-0.1, -0.05) is 0 Å². The van der Waals surface area contributed by atoms with Gasteiger partial charge in [0.2, 0.25) is 5.95 Å². The molecule has 1 aliphatic rings. The van der Waals surface area contributed by atoms with Gasteiger partial charge in [-0.2, -0.15) is 0 Å². The average molecular weight is 346 g/mol. The maximum Gasteiger partial charge on any atom is 0.341 e. The second kappa shape index (κ2) is 7.25. The first-order chi connectivity index (χ1) is 11.6. The number of nitrogens with zero attached hydrogens (tertiary/aromatic N) is 4. The summed E-state index contributed by atoms with van der Waals surface area (Å²) in [4.78, 5) is 27.6. The largest absolute Gasteiger partial charge is 0.462 e. The molecule has 0 spiro atoms. The van der Waals surface area contributed by atoms with Crippen molar-refractivity contribution in [1.29, 1.82) is 0 Å². The summed E-state index contributed by atoms with van der Waals surface area (Å²) < 4.78 is 5.03. The van der Waals surface area contributed by atoms with Crippen molar-refractivity contribution in [3.8, 4) is 0 Å². The smallest absolute Gasteiger partial charge is 0.341 e. The molecular formula is C17H22N4O2S. The van der Waals surface area contributed by atoms with Crippen LogP contribution >= 0.6 is 11.3 Å². The minimum absolute atomic E-state index is 0.348. The van der Waals surface area contributed by atoms with E-state index in [1.54, 1.807) is 24.5 Å². The topological polar surface area (TPSA) is 68.2 Å². The standard InChI is InChI=1S/C17H22N4O2S/c1-4-23-16(22)14-8-18-17(20-12(14)3)21-7-5-6-13(9-21)15-19-11(2)10-24-15/h8,10,13H,4-7,9H2,1-3H3/t13-/m0/s1. The second-order valence-electron chi connectivity index (χ2n) is 6.00. The van der Waals surface area contributed by atoms with Crippen LogP contribution in [0, 0.1) is 13.8 Å². The van der Waals surface area contributed by atoms with Crippen LogP contribution in [0.2, 0.25) is 0 Å². The monoisotopic (exact) mass is 346 g/mol. The lowest BCUT2D eigenvalue weighted by Gasteiger charge is -2.32. The van der Waals surface area contributed by atoms with Crippen LogP contribution in [0.1, 0.15) is 52.4 Å². The summed E-state index contributed by atoms with van der Waals surface area (Å²) in [6, 6.07) is 0. The lowest BCUT2D eigenvalue weighted by molar-refractivity contribution is 0.0524. The molecule has 24 heavy (non-hydrogen) atoms. The zero-order chi connectivity index (χ0) is 17.1. The molecule has 1 atom stereocenters. The van der Waals surface area contributed by atoms with Gasteiger partial charge < -0.3 is 9.64 Å². The highest BCUT2D eigenvalue weighted by Crippen LogP contribution is 2.30. The Balaban J connectivity index is 1.76. The summed E-state index contributed by atoms with van der Waals surface area (Å²) >= 11 is 1.73. The molecule has 3 rings (SSSR count). The van der Waals surface area contributed by atoms with Crippen molar-refractivity contribution in [1.82, 2.24) is 15.0 Å². The number of esters is 1. The maximum atomic E-state index is 11.9. The van der Waals surface area contributed by atoms with E-state index < -0.39 is 0 Å². The third kappa shape index (κ3) is 3.56. The fourth-order valence-corrected chi connectivity index (χ4v) is 3.86. The molecule has 0 amide bonds. The van der Waals surface area contributed by atoms with Gasteiger partial charge in [0.05, 0.1) is 22.9 Å². The van der Waals surface area contributed by atoms with Crippen LogP contribution < -0.4 is 4.90 Å². The highest BCUT2D eigenvalue weighted by atomic mass is 32.1. The number of hydrogen-bond donors (Lipinski definition) is 0. The highest BCUT2D eigenvalue weighted by Gasteiger charge is 2.25. The number of piperidine rings is 1. The molecule has 0 saturated carbocycles. The lowest BCUT2D eigenvalue weighted by atomic mass is 9.99. The van der Waals surface area contributed by atoms with Crippen LogP contribution in [0.3, 0.4) is 0 Å². The molecule has 0 radical (unpaired) electrons. The fourth-order valence-electron chi connectivity index (χ4n) is 2.94. The Morgan fingerprint density at radius 2 is 2.25 bits per heavy atom. The Morgan fingerprint density at radius 3 is 2.92 bits per heavy atom. The van der Waals surface area contributed by atoms with Crippen LogP contribution in [0.4, 0.5) is 5.95 Å². The normalized spacial score (nSPS) is 17.8. The molecule has 0 N–H and O–H groups in total. The van der Waals surface area contributed by atoms with E-state index in [1.807, 2.05) is 13.8 Å². The Labute approximate surface area is 145 Å². The molecule has 2 aromatic heterocycles. The van der Waals surface area contributed by atoms with Gasteiger partial charge >= 0.3 is 5.97 Å². The average Bonchev–Trinajstić information content (AvgIpc) is 3.01. The number of aryl methyl sites for hydroxylation is 2. The van der Waals surface area contributed by atoms with Gasteiger partial charge in [-0.15, -0.1) is 11.3 Å². The molecule has 1 aliphatic heterocycles. The zero-order valence-electron chi connectivity index (χ0n) is 14.3. The van der Waals surface area contributed by atoms with Crippen molar-refractivity contribution in [3.05, 3.63) is 33.5 Å². The second-order valence-corrected chi connectivity index (χ2v) is 6.89. The minimum Gasteiger partial charge on any atom is -0.462 e. The summed E-state index contributed by atoms with van der Waals surface area (Å²) in [5, 5.41) is 3.29. The number of carbonyl (C=O) groups is 1. The number of aromatic nitrogens is 3. The van der Waals surface area contributed by atoms with Gasteiger partial charge in [0, 0.05) is 36.3 Å². The van der Waals surface area contributed by atoms with E-state index >= 15 is 0 Å². The molecule has 3 heterocycles. The third-order valence-corrected chi connectivity index (χ3v) is 5.28. The zero-order valence-corrected chi connectivity index (χ0v) is 15.1. The third-order valence-electron chi connectivity index (χ3n) is 4.15. The van der Waals surface area contributed by atoms with Crippen molar-refractivity contribution < 1.29 is 9.53 Å². The van der Waals surface area contributed by atoms with Gasteiger partial charge in [-0.3, -0.25) is 0 Å². The van der Waals surface area contributed by atoms with Gasteiger partial charge in [0.25, 0.3) is 0 Å². The number of thiazole rings is 1. The van der Waals surface area contributed by atoms with Crippen molar-refractivity contribution in [2.45, 2.75) is 39.5 Å². The van der Waals surface area contributed by atoms with E-state index in [9.17, 15) is 4.79 Å². The van der Waals surface area contributed by atoms with Crippen LogP contribution in [0.15, 0.2) is 11.6 Å². The van der Waals surface area contributed by atoms with Crippen molar-refractivity contribution in [2.75, 3.05) is 24.6 Å². The van der Waals surface area contributed by atoms with E-state index in [0.717, 1.165) is 31.6 Å². The Bertz CT molecular complexity index is 731. The molecule has 0 bridgehead atoms. The number of rotatable bonds is 4. The van der Waals surface area contributed by atoms with Crippen LogP contribution in [-0.4, -0.2) is 40.6 Å². The summed E-state index contributed by atoms with van der Waals surface area (Å²) in [7, 11) is 0. The Hall–Kier alpha value is -2.02. The van der Waals surface area contributed by atoms with Crippen LogP contribution in [-0.2, 0) is 4.74 Å². The summed E-state index contributed by atoms with van der Waals surface area (Å²) in [5.41, 5.74) is 2.17. The molecule has 0 aliphatic carbocycles. The first-order valence-corrected chi connectivity index (χ1v) is 9.14. The molecule has 0 unspecified atom stereocenters. The molecule has 2 aromatic rings. The molecular weight excluding hydrogens is 324 g/mol. The van der Waals surface area contributed by atoms with Crippen LogP contribution in [0.25, 0.3) is 0 Å². The van der Waals surface area contributed by atoms with Crippen molar-refractivity contribution >= 4 is 23.3 Å². The lowest BCUT2D eigenvalue weighted by Crippen LogP contribution is -2.35. The molecule has 1 fully saturated rings. The van der Waals surface area contributed by atoms with Crippen molar-refractivity contribution in [2.24, 2.45) is 0 Å². The minimum atomic E-state index is -0.365. The number of anilines is 1. The van der Waals surface area contributed by atoms with Gasteiger partial charge in [-0.05, 0) is 33.6 Å². The molecule has 6 nitrogen and oxygen atoms in total. The Kier molecular flexibility index (Phi) is 5.08. The molecule has 7 heteroatoms. The van der Waals surface area contributed by atoms with Gasteiger partial charge in [0.15, 0.2) is 0 Å². The van der Waals surface area contributed by atoms with E-state index in [4.69, 9.17) is 4.74 Å². The highest BCUT2D eigenvalue weighted by molar-refractivity contribution is 7.09. The van der Waals surface area contributed by atoms with E-state index in [2.05, 4.69) is 25.2 Å².